The Hall–Kier alpha value is -3.20. The Morgan fingerprint density at radius 1 is 1.03 bits per heavy atom. The first-order valence-corrected chi connectivity index (χ1v) is 10.7. The molecule has 2 N–H and O–H groups in total. The molecule has 0 aliphatic carbocycles. The predicted octanol–water partition coefficient (Wildman–Crippen LogP) is 3.32. The van der Waals surface area contributed by atoms with Crippen LogP contribution in [0.1, 0.15) is 23.7 Å². The lowest BCUT2D eigenvalue weighted by molar-refractivity contribution is -0.122. The van der Waals surface area contributed by atoms with Gasteiger partial charge >= 0.3 is 6.61 Å². The summed E-state index contributed by atoms with van der Waals surface area (Å²) in [6.45, 7) is 2.47. The van der Waals surface area contributed by atoms with E-state index in [2.05, 4.69) is 20.3 Å². The Kier molecular flexibility index (Phi) is 8.38. The summed E-state index contributed by atoms with van der Waals surface area (Å²) in [7, 11) is 0. The fraction of sp³-hybridized carbons (Fsp3) is 0.391. The number of alkyl halides is 2. The largest absolute Gasteiger partial charge is 0.435 e. The summed E-state index contributed by atoms with van der Waals surface area (Å²) in [5, 5.41) is 5.99. The average molecular weight is 446 g/mol. The van der Waals surface area contributed by atoms with E-state index in [4.69, 9.17) is 0 Å². The highest BCUT2D eigenvalue weighted by molar-refractivity contribution is 6.00. The van der Waals surface area contributed by atoms with Crippen molar-refractivity contribution in [1.29, 1.82) is 0 Å². The van der Waals surface area contributed by atoms with Crippen molar-refractivity contribution >= 4 is 23.2 Å². The van der Waals surface area contributed by atoms with Crippen molar-refractivity contribution in [2.24, 2.45) is 0 Å². The number of hydrogen-bond acceptors (Lipinski definition) is 5. The summed E-state index contributed by atoms with van der Waals surface area (Å²) in [5.41, 5.74) is 1.80. The highest BCUT2D eigenvalue weighted by atomic mass is 19.3. The van der Waals surface area contributed by atoms with E-state index in [0.717, 1.165) is 13.0 Å². The summed E-state index contributed by atoms with van der Waals surface area (Å²) in [6.07, 6.45) is 0.784. The quantitative estimate of drug-likeness (QED) is 0.651. The Labute approximate surface area is 186 Å². The number of para-hydroxylation sites is 1. The second-order valence-corrected chi connectivity index (χ2v) is 7.45. The van der Waals surface area contributed by atoms with E-state index in [0.29, 0.717) is 49.7 Å². The number of carbonyl (C=O) groups is 2. The predicted molar refractivity (Wildman–Crippen MR) is 118 cm³/mol. The van der Waals surface area contributed by atoms with Crippen LogP contribution in [0, 0.1) is 0 Å². The number of ether oxygens (including phenoxy) is 1. The zero-order valence-electron chi connectivity index (χ0n) is 18.0. The maximum absolute atomic E-state index is 13.3. The molecule has 0 unspecified atom stereocenters. The van der Waals surface area contributed by atoms with Crippen molar-refractivity contribution in [3.05, 3.63) is 54.1 Å². The number of rotatable bonds is 8. The van der Waals surface area contributed by atoms with Crippen molar-refractivity contribution in [3.8, 4) is 5.75 Å². The van der Waals surface area contributed by atoms with Crippen LogP contribution in [-0.2, 0) is 4.79 Å². The first-order chi connectivity index (χ1) is 15.5. The fourth-order valence-electron chi connectivity index (χ4n) is 3.61. The van der Waals surface area contributed by atoms with Crippen LogP contribution in [0.25, 0.3) is 0 Å². The summed E-state index contributed by atoms with van der Waals surface area (Å²) in [4.78, 5) is 29.0. The molecule has 32 heavy (non-hydrogen) atoms. The van der Waals surface area contributed by atoms with E-state index < -0.39 is 6.61 Å². The Bertz CT molecular complexity index is 908. The minimum absolute atomic E-state index is 0.00760. The van der Waals surface area contributed by atoms with Gasteiger partial charge < -0.3 is 20.3 Å². The number of amides is 2. The number of carbonyl (C=O) groups excluding carboxylic acids is 2. The molecule has 9 heteroatoms. The minimum Gasteiger partial charge on any atom is -0.435 e. The third kappa shape index (κ3) is 6.65. The molecule has 1 fully saturated rings. The number of anilines is 2. The lowest BCUT2D eigenvalue weighted by Crippen LogP contribution is -2.40. The molecule has 2 aromatic rings. The van der Waals surface area contributed by atoms with E-state index in [9.17, 15) is 18.4 Å². The van der Waals surface area contributed by atoms with Gasteiger partial charge in [0.05, 0.1) is 17.8 Å². The molecule has 2 amide bonds. The Morgan fingerprint density at radius 2 is 1.78 bits per heavy atom. The molecule has 3 rings (SSSR count). The van der Waals surface area contributed by atoms with Crippen LogP contribution in [0.5, 0.6) is 5.75 Å². The lowest BCUT2D eigenvalue weighted by Gasteiger charge is -2.23. The lowest BCUT2D eigenvalue weighted by atomic mass is 10.1. The van der Waals surface area contributed by atoms with Gasteiger partial charge in [0.15, 0.2) is 0 Å². The van der Waals surface area contributed by atoms with Gasteiger partial charge in [-0.25, -0.2) is 0 Å². The molecular formula is C23H28F2N4O3. The topological polar surface area (TPSA) is 73.9 Å². The minimum atomic E-state index is -2.88. The summed E-state index contributed by atoms with van der Waals surface area (Å²) in [6, 6.07) is 13.3. The Balaban J connectivity index is 1.65. The average Bonchev–Trinajstić information content (AvgIpc) is 3.00. The molecule has 2 aromatic carbocycles. The molecule has 0 aromatic heterocycles. The monoisotopic (exact) mass is 446 g/mol. The molecule has 1 heterocycles. The second kappa shape index (κ2) is 11.4. The summed E-state index contributed by atoms with van der Waals surface area (Å²) >= 11 is 0. The SMILES string of the molecule is CCNC(=O)CN1CCCN(C(=O)c2ccccc2Nc2ccc(OC(F)F)cc2)CC1. The van der Waals surface area contributed by atoms with Crippen LogP contribution < -0.4 is 15.4 Å². The van der Waals surface area contributed by atoms with E-state index in [-0.39, 0.29) is 17.6 Å². The van der Waals surface area contributed by atoms with Crippen molar-refractivity contribution < 1.29 is 23.1 Å². The van der Waals surface area contributed by atoms with Gasteiger partial charge in [0.2, 0.25) is 5.91 Å². The first-order valence-electron chi connectivity index (χ1n) is 10.7. The van der Waals surface area contributed by atoms with Crippen LogP contribution in [0.3, 0.4) is 0 Å². The maximum atomic E-state index is 13.3. The van der Waals surface area contributed by atoms with Crippen molar-refractivity contribution in [2.45, 2.75) is 20.0 Å². The van der Waals surface area contributed by atoms with Crippen molar-refractivity contribution in [2.75, 3.05) is 44.6 Å². The highest BCUT2D eigenvalue weighted by Gasteiger charge is 2.23. The van der Waals surface area contributed by atoms with Crippen LogP contribution >= 0.6 is 0 Å². The second-order valence-electron chi connectivity index (χ2n) is 7.45. The number of likely N-dealkylation sites (N-methyl/N-ethyl adjacent to an activating group) is 1. The van der Waals surface area contributed by atoms with Crippen LogP contribution in [-0.4, -0.2) is 67.5 Å². The van der Waals surface area contributed by atoms with Crippen LogP contribution in [0.2, 0.25) is 0 Å². The molecule has 0 spiro atoms. The van der Waals surface area contributed by atoms with E-state index >= 15 is 0 Å². The van der Waals surface area contributed by atoms with Gasteiger partial charge in [0.25, 0.3) is 5.91 Å². The zero-order valence-corrected chi connectivity index (χ0v) is 18.0. The molecule has 0 atom stereocenters. The van der Waals surface area contributed by atoms with Crippen molar-refractivity contribution in [3.63, 3.8) is 0 Å². The molecule has 1 aliphatic heterocycles. The first kappa shape index (κ1) is 23.5. The molecule has 1 saturated heterocycles. The van der Waals surface area contributed by atoms with E-state index in [1.54, 1.807) is 35.2 Å². The van der Waals surface area contributed by atoms with Gasteiger partial charge in [-0.3, -0.25) is 14.5 Å². The smallest absolute Gasteiger partial charge is 0.387 e. The third-order valence-corrected chi connectivity index (χ3v) is 5.13. The fourth-order valence-corrected chi connectivity index (χ4v) is 3.61. The van der Waals surface area contributed by atoms with Gasteiger partial charge in [0, 0.05) is 38.4 Å². The number of benzene rings is 2. The number of nitrogens with zero attached hydrogens (tertiary/aromatic N) is 2. The molecule has 7 nitrogen and oxygen atoms in total. The molecule has 172 valence electrons. The number of nitrogens with one attached hydrogen (secondary N) is 2. The normalized spacial score (nSPS) is 14.7. The molecule has 0 radical (unpaired) electrons. The molecule has 0 bridgehead atoms. The van der Waals surface area contributed by atoms with Crippen LogP contribution in [0.4, 0.5) is 20.2 Å². The zero-order chi connectivity index (χ0) is 22.9. The van der Waals surface area contributed by atoms with E-state index in [1.165, 1.54) is 12.1 Å². The summed E-state index contributed by atoms with van der Waals surface area (Å²) in [5.74, 6) is -0.0333. The van der Waals surface area contributed by atoms with Gasteiger partial charge in [-0.15, -0.1) is 0 Å². The van der Waals surface area contributed by atoms with Crippen molar-refractivity contribution in [1.82, 2.24) is 15.1 Å². The highest BCUT2D eigenvalue weighted by Crippen LogP contribution is 2.25. The summed E-state index contributed by atoms with van der Waals surface area (Å²) < 4.78 is 29.0. The number of halogens is 2. The molecule has 0 saturated carbocycles. The maximum Gasteiger partial charge on any atom is 0.387 e. The molecular weight excluding hydrogens is 418 g/mol. The number of hydrogen-bond donors (Lipinski definition) is 2. The van der Waals surface area contributed by atoms with Gasteiger partial charge in [0.1, 0.15) is 5.75 Å². The molecule has 1 aliphatic rings. The van der Waals surface area contributed by atoms with E-state index in [1.807, 2.05) is 13.0 Å². The van der Waals surface area contributed by atoms with Gasteiger partial charge in [-0.05, 0) is 49.7 Å². The standard InChI is InChI=1S/C23H28F2N4O3/c1-2-26-21(30)16-28-12-5-13-29(15-14-28)22(31)19-6-3-4-7-20(19)27-17-8-10-18(11-9-17)32-23(24)25/h3-4,6-11,23,27H,2,5,12-16H2,1H3,(H,26,30). The third-order valence-electron chi connectivity index (χ3n) is 5.13. The Morgan fingerprint density at radius 3 is 2.50 bits per heavy atom. The van der Waals surface area contributed by atoms with Gasteiger partial charge in [-0.2, -0.15) is 8.78 Å². The van der Waals surface area contributed by atoms with Crippen LogP contribution in [0.15, 0.2) is 48.5 Å². The van der Waals surface area contributed by atoms with Gasteiger partial charge in [-0.1, -0.05) is 12.1 Å².